The van der Waals surface area contributed by atoms with E-state index in [4.69, 9.17) is 0 Å². The normalized spacial score (nSPS) is 12.0. The molecule has 2 aromatic carbocycles. The molecule has 0 aliphatic rings. The van der Waals surface area contributed by atoms with Crippen LogP contribution in [-0.4, -0.2) is 20.7 Å². The van der Waals surface area contributed by atoms with Gasteiger partial charge in [-0.3, -0.25) is 4.79 Å². The minimum atomic E-state index is -0.134. The van der Waals surface area contributed by atoms with Gasteiger partial charge in [0.15, 0.2) is 0 Å². The zero-order chi connectivity index (χ0) is 18.5. The molecule has 1 heterocycles. The first-order valence-electron chi connectivity index (χ1n) is 8.63. The second kappa shape index (κ2) is 8.23. The number of amides is 1. The Morgan fingerprint density at radius 2 is 1.81 bits per heavy atom. The van der Waals surface area contributed by atoms with Crippen LogP contribution in [0.1, 0.15) is 23.9 Å². The van der Waals surface area contributed by atoms with Crippen molar-refractivity contribution in [3.8, 4) is 5.69 Å². The van der Waals surface area contributed by atoms with E-state index in [2.05, 4.69) is 41.5 Å². The van der Waals surface area contributed by atoms with E-state index in [1.165, 1.54) is 5.56 Å². The average molecular weight is 366 g/mol. The number of carbonyl (C=O) groups excluding carboxylic acids is 1. The van der Waals surface area contributed by atoms with Gasteiger partial charge < -0.3 is 9.88 Å². The molecule has 4 nitrogen and oxygen atoms in total. The molecule has 0 bridgehead atoms. The van der Waals surface area contributed by atoms with Crippen molar-refractivity contribution in [3.63, 3.8) is 0 Å². The van der Waals surface area contributed by atoms with Crippen LogP contribution in [-0.2, 0) is 11.3 Å². The SMILES string of the molecule is Cc1ccc(S[C@H](C)C(=O)NCc2ccc(-n3ccnc3C)cc2)cc1. The van der Waals surface area contributed by atoms with Crippen LogP contribution in [0.4, 0.5) is 0 Å². The molecule has 1 amide bonds. The number of nitrogens with one attached hydrogen (secondary N) is 1. The molecule has 0 fully saturated rings. The number of benzene rings is 2. The first-order valence-corrected chi connectivity index (χ1v) is 9.51. The van der Waals surface area contributed by atoms with Crippen LogP contribution in [0.3, 0.4) is 0 Å². The van der Waals surface area contributed by atoms with Gasteiger partial charge >= 0.3 is 0 Å². The molecule has 5 heteroatoms. The van der Waals surface area contributed by atoms with Gasteiger partial charge in [0.2, 0.25) is 5.91 Å². The van der Waals surface area contributed by atoms with Crippen molar-refractivity contribution >= 4 is 17.7 Å². The summed E-state index contributed by atoms with van der Waals surface area (Å²) in [5.41, 5.74) is 3.37. The van der Waals surface area contributed by atoms with Gasteiger partial charge in [0.05, 0.1) is 5.25 Å². The average Bonchev–Trinajstić information content (AvgIpc) is 3.08. The predicted octanol–water partition coefficient (Wildman–Crippen LogP) is 4.29. The zero-order valence-corrected chi connectivity index (χ0v) is 16.1. The molecular weight excluding hydrogens is 342 g/mol. The summed E-state index contributed by atoms with van der Waals surface area (Å²) in [6.07, 6.45) is 3.73. The zero-order valence-electron chi connectivity index (χ0n) is 15.3. The number of carbonyl (C=O) groups is 1. The molecule has 26 heavy (non-hydrogen) atoms. The molecule has 0 saturated heterocycles. The van der Waals surface area contributed by atoms with Crippen LogP contribution in [0.2, 0.25) is 0 Å². The molecule has 1 atom stereocenters. The van der Waals surface area contributed by atoms with E-state index in [1.807, 2.05) is 48.9 Å². The maximum atomic E-state index is 12.3. The monoisotopic (exact) mass is 365 g/mol. The molecule has 0 aliphatic carbocycles. The Labute approximate surface area is 158 Å². The lowest BCUT2D eigenvalue weighted by molar-refractivity contribution is -0.120. The van der Waals surface area contributed by atoms with Gasteiger partial charge in [-0.2, -0.15) is 0 Å². The second-order valence-corrected chi connectivity index (χ2v) is 7.72. The second-order valence-electron chi connectivity index (χ2n) is 6.30. The quantitative estimate of drug-likeness (QED) is 0.663. The van der Waals surface area contributed by atoms with Crippen molar-refractivity contribution in [3.05, 3.63) is 77.9 Å². The lowest BCUT2D eigenvalue weighted by atomic mass is 10.2. The van der Waals surface area contributed by atoms with Crippen LogP contribution in [0, 0.1) is 13.8 Å². The van der Waals surface area contributed by atoms with Crippen LogP contribution in [0.5, 0.6) is 0 Å². The van der Waals surface area contributed by atoms with Crippen LogP contribution >= 0.6 is 11.8 Å². The Morgan fingerprint density at radius 3 is 2.42 bits per heavy atom. The van der Waals surface area contributed by atoms with E-state index >= 15 is 0 Å². The standard InChI is InChI=1S/C21H23N3OS/c1-15-4-10-20(11-5-15)26-16(2)21(25)23-14-18-6-8-19(9-7-18)24-13-12-22-17(24)3/h4-13,16H,14H2,1-3H3,(H,23,25)/t16-/m1/s1. The van der Waals surface area contributed by atoms with Crippen molar-refractivity contribution in [1.82, 2.24) is 14.9 Å². The number of nitrogens with zero attached hydrogens (tertiary/aromatic N) is 2. The summed E-state index contributed by atoms with van der Waals surface area (Å²) in [6.45, 7) is 6.50. The van der Waals surface area contributed by atoms with Gasteiger partial charge in [0.25, 0.3) is 0 Å². The van der Waals surface area contributed by atoms with Crippen LogP contribution in [0.15, 0.2) is 65.8 Å². The van der Waals surface area contributed by atoms with Crippen LogP contribution in [0.25, 0.3) is 5.69 Å². The third kappa shape index (κ3) is 4.55. The number of thioether (sulfide) groups is 1. The summed E-state index contributed by atoms with van der Waals surface area (Å²) < 4.78 is 2.03. The molecule has 0 aliphatic heterocycles. The summed E-state index contributed by atoms with van der Waals surface area (Å²) >= 11 is 1.58. The molecule has 1 N–H and O–H groups in total. The van der Waals surface area contributed by atoms with Gasteiger partial charge in [-0.1, -0.05) is 29.8 Å². The third-order valence-corrected chi connectivity index (χ3v) is 5.32. The predicted molar refractivity (Wildman–Crippen MR) is 107 cm³/mol. The maximum Gasteiger partial charge on any atom is 0.233 e. The largest absolute Gasteiger partial charge is 0.351 e. The fourth-order valence-corrected chi connectivity index (χ4v) is 3.52. The van der Waals surface area contributed by atoms with Crippen molar-refractivity contribution in [1.29, 1.82) is 0 Å². The maximum absolute atomic E-state index is 12.3. The Balaban J connectivity index is 1.54. The van der Waals surface area contributed by atoms with Crippen molar-refractivity contribution in [2.24, 2.45) is 0 Å². The molecule has 0 radical (unpaired) electrons. The number of aryl methyl sites for hydroxylation is 2. The summed E-state index contributed by atoms with van der Waals surface area (Å²) in [5, 5.41) is 2.88. The minimum absolute atomic E-state index is 0.0464. The number of aromatic nitrogens is 2. The summed E-state index contributed by atoms with van der Waals surface area (Å²) in [4.78, 5) is 17.7. The first kappa shape index (κ1) is 18.3. The number of hydrogen-bond acceptors (Lipinski definition) is 3. The molecule has 3 aromatic rings. The van der Waals surface area contributed by atoms with Crippen LogP contribution < -0.4 is 5.32 Å². The van der Waals surface area contributed by atoms with Crippen molar-refractivity contribution in [2.45, 2.75) is 37.5 Å². The molecule has 3 rings (SSSR count). The van der Waals surface area contributed by atoms with Gasteiger partial charge in [-0.25, -0.2) is 4.98 Å². The van der Waals surface area contributed by atoms with E-state index in [0.29, 0.717) is 6.54 Å². The molecule has 1 aromatic heterocycles. The fourth-order valence-electron chi connectivity index (χ4n) is 2.63. The van der Waals surface area contributed by atoms with Gasteiger partial charge in [0, 0.05) is 29.5 Å². The highest BCUT2D eigenvalue weighted by Gasteiger charge is 2.14. The van der Waals surface area contributed by atoms with Crippen molar-refractivity contribution in [2.75, 3.05) is 0 Å². The highest BCUT2D eigenvalue weighted by atomic mass is 32.2. The first-order chi connectivity index (χ1) is 12.5. The minimum Gasteiger partial charge on any atom is -0.351 e. The lowest BCUT2D eigenvalue weighted by Crippen LogP contribution is -2.30. The van der Waals surface area contributed by atoms with E-state index in [9.17, 15) is 4.79 Å². The van der Waals surface area contributed by atoms with Gasteiger partial charge in [0.1, 0.15) is 5.82 Å². The van der Waals surface area contributed by atoms with E-state index in [1.54, 1.807) is 18.0 Å². The Hall–Kier alpha value is -2.53. The summed E-state index contributed by atoms with van der Waals surface area (Å²) in [5.74, 6) is 0.998. The molecule has 134 valence electrons. The summed E-state index contributed by atoms with van der Waals surface area (Å²) in [7, 11) is 0. The van der Waals surface area contributed by atoms with Crippen molar-refractivity contribution < 1.29 is 4.79 Å². The Kier molecular flexibility index (Phi) is 5.78. The fraction of sp³-hybridized carbons (Fsp3) is 0.238. The topological polar surface area (TPSA) is 46.9 Å². The summed E-state index contributed by atoms with van der Waals surface area (Å²) in [6, 6.07) is 16.4. The van der Waals surface area contributed by atoms with E-state index in [0.717, 1.165) is 22.0 Å². The van der Waals surface area contributed by atoms with E-state index < -0.39 is 0 Å². The Morgan fingerprint density at radius 1 is 1.12 bits per heavy atom. The number of hydrogen-bond donors (Lipinski definition) is 1. The van der Waals surface area contributed by atoms with Gasteiger partial charge in [-0.15, -0.1) is 11.8 Å². The highest BCUT2D eigenvalue weighted by Crippen LogP contribution is 2.23. The lowest BCUT2D eigenvalue weighted by Gasteiger charge is -2.13. The Bertz CT molecular complexity index is 869. The molecule has 0 saturated carbocycles. The smallest absolute Gasteiger partial charge is 0.233 e. The third-order valence-electron chi connectivity index (χ3n) is 4.21. The highest BCUT2D eigenvalue weighted by molar-refractivity contribution is 8.00. The molecular formula is C21H23N3OS. The number of imidazole rings is 1. The van der Waals surface area contributed by atoms with Gasteiger partial charge in [-0.05, 0) is 50.6 Å². The molecule has 0 unspecified atom stereocenters. The number of rotatable bonds is 6. The van der Waals surface area contributed by atoms with E-state index in [-0.39, 0.29) is 11.2 Å². The molecule has 0 spiro atoms.